The van der Waals surface area contributed by atoms with Gasteiger partial charge in [0.05, 0.1) is 26.7 Å². The van der Waals surface area contributed by atoms with Crippen molar-refractivity contribution in [1.82, 2.24) is 4.90 Å². The van der Waals surface area contributed by atoms with Crippen LogP contribution >= 0.6 is 0 Å². The zero-order chi connectivity index (χ0) is 20.8. The summed E-state index contributed by atoms with van der Waals surface area (Å²) in [4.78, 5) is 17.0. The number of anilines is 1. The van der Waals surface area contributed by atoms with Gasteiger partial charge in [-0.05, 0) is 55.8 Å². The van der Waals surface area contributed by atoms with Gasteiger partial charge in [0.25, 0.3) is 0 Å². The van der Waals surface area contributed by atoms with Gasteiger partial charge in [0, 0.05) is 31.9 Å². The predicted octanol–water partition coefficient (Wildman–Crippen LogP) is 3.38. The van der Waals surface area contributed by atoms with Crippen molar-refractivity contribution in [3.63, 3.8) is 0 Å². The molecule has 1 aliphatic heterocycles. The molecule has 1 heterocycles. The monoisotopic (exact) mass is 398 g/mol. The van der Waals surface area contributed by atoms with E-state index in [2.05, 4.69) is 17.0 Å². The molecule has 0 bridgehead atoms. The molecule has 2 aromatic rings. The number of hydrogen-bond acceptors (Lipinski definition) is 5. The molecule has 2 aromatic carbocycles. The Morgan fingerprint density at radius 3 is 2.17 bits per heavy atom. The quantitative estimate of drug-likeness (QED) is 0.716. The summed E-state index contributed by atoms with van der Waals surface area (Å²) < 4.78 is 16.3. The highest BCUT2D eigenvalue weighted by atomic mass is 16.5. The second-order valence-electron chi connectivity index (χ2n) is 7.39. The standard InChI is InChI=1S/C23H30N2O4/c1-17(2)29-20-8-6-19(7-9-20)24-11-13-25(14-12-24)23(26)16-18-5-10-21(27-3)22(15-18)28-4/h5-10,15,17H,11-14,16H2,1-4H3. The maximum absolute atomic E-state index is 12.7. The van der Waals surface area contributed by atoms with E-state index in [4.69, 9.17) is 14.2 Å². The van der Waals surface area contributed by atoms with Gasteiger partial charge in [-0.15, -0.1) is 0 Å². The first-order valence-corrected chi connectivity index (χ1v) is 10.0. The highest BCUT2D eigenvalue weighted by Crippen LogP contribution is 2.28. The SMILES string of the molecule is COc1ccc(CC(=O)N2CCN(c3ccc(OC(C)C)cc3)CC2)cc1OC. The van der Waals surface area contributed by atoms with Crippen LogP contribution in [0.2, 0.25) is 0 Å². The summed E-state index contributed by atoms with van der Waals surface area (Å²) in [6.45, 7) is 7.12. The largest absolute Gasteiger partial charge is 0.493 e. The second-order valence-corrected chi connectivity index (χ2v) is 7.39. The van der Waals surface area contributed by atoms with E-state index in [1.165, 1.54) is 0 Å². The smallest absolute Gasteiger partial charge is 0.227 e. The fourth-order valence-corrected chi connectivity index (χ4v) is 3.50. The van der Waals surface area contributed by atoms with E-state index in [0.29, 0.717) is 17.9 Å². The Hall–Kier alpha value is -2.89. The maximum atomic E-state index is 12.7. The molecule has 0 saturated carbocycles. The average Bonchev–Trinajstić information content (AvgIpc) is 2.74. The van der Waals surface area contributed by atoms with Crippen LogP contribution in [0.3, 0.4) is 0 Å². The van der Waals surface area contributed by atoms with Crippen molar-refractivity contribution >= 4 is 11.6 Å². The Morgan fingerprint density at radius 1 is 0.931 bits per heavy atom. The van der Waals surface area contributed by atoms with E-state index in [1.54, 1.807) is 14.2 Å². The number of piperazine rings is 1. The Kier molecular flexibility index (Phi) is 6.86. The van der Waals surface area contributed by atoms with Crippen LogP contribution < -0.4 is 19.1 Å². The molecule has 0 unspecified atom stereocenters. The minimum absolute atomic E-state index is 0.137. The molecule has 1 fully saturated rings. The lowest BCUT2D eigenvalue weighted by Crippen LogP contribution is -2.49. The van der Waals surface area contributed by atoms with Gasteiger partial charge in [-0.1, -0.05) is 6.07 Å². The molecule has 1 aliphatic rings. The molecule has 6 nitrogen and oxygen atoms in total. The first-order valence-electron chi connectivity index (χ1n) is 10.0. The number of rotatable bonds is 7. The molecule has 0 N–H and O–H groups in total. The van der Waals surface area contributed by atoms with Crippen molar-refractivity contribution in [2.45, 2.75) is 26.4 Å². The summed E-state index contributed by atoms with van der Waals surface area (Å²) in [7, 11) is 3.21. The van der Waals surface area contributed by atoms with Gasteiger partial charge in [-0.2, -0.15) is 0 Å². The van der Waals surface area contributed by atoms with Gasteiger partial charge in [-0.3, -0.25) is 4.79 Å². The van der Waals surface area contributed by atoms with Crippen molar-refractivity contribution in [1.29, 1.82) is 0 Å². The van der Waals surface area contributed by atoms with Crippen molar-refractivity contribution in [2.24, 2.45) is 0 Å². The highest BCUT2D eigenvalue weighted by Gasteiger charge is 2.22. The van der Waals surface area contributed by atoms with E-state index in [1.807, 2.05) is 49.1 Å². The summed E-state index contributed by atoms with van der Waals surface area (Å²) in [5.41, 5.74) is 2.09. The van der Waals surface area contributed by atoms with Crippen LogP contribution in [0, 0.1) is 0 Å². The maximum Gasteiger partial charge on any atom is 0.227 e. The van der Waals surface area contributed by atoms with Crippen LogP contribution in [0.4, 0.5) is 5.69 Å². The van der Waals surface area contributed by atoms with Crippen molar-refractivity contribution in [3.05, 3.63) is 48.0 Å². The molecule has 0 aliphatic carbocycles. The van der Waals surface area contributed by atoms with Crippen molar-refractivity contribution < 1.29 is 19.0 Å². The highest BCUT2D eigenvalue weighted by molar-refractivity contribution is 5.79. The zero-order valence-corrected chi connectivity index (χ0v) is 17.7. The summed E-state index contributed by atoms with van der Waals surface area (Å²) in [5.74, 6) is 2.33. The van der Waals surface area contributed by atoms with Crippen molar-refractivity contribution in [2.75, 3.05) is 45.3 Å². The topological polar surface area (TPSA) is 51.2 Å². The van der Waals surface area contributed by atoms with Gasteiger partial charge < -0.3 is 24.0 Å². The lowest BCUT2D eigenvalue weighted by atomic mass is 10.1. The van der Waals surface area contributed by atoms with Gasteiger partial charge in [0.2, 0.25) is 5.91 Å². The van der Waals surface area contributed by atoms with E-state index in [9.17, 15) is 4.79 Å². The normalized spacial score (nSPS) is 14.1. The van der Waals surface area contributed by atoms with Crippen LogP contribution in [0.1, 0.15) is 19.4 Å². The molecule has 0 aromatic heterocycles. The predicted molar refractivity (Wildman–Crippen MR) is 114 cm³/mol. The van der Waals surface area contributed by atoms with Crippen LogP contribution in [0.5, 0.6) is 17.2 Å². The Balaban J connectivity index is 1.54. The van der Waals surface area contributed by atoms with Gasteiger partial charge in [0.15, 0.2) is 11.5 Å². The number of benzene rings is 2. The van der Waals surface area contributed by atoms with Crippen molar-refractivity contribution in [3.8, 4) is 17.2 Å². The number of carbonyl (C=O) groups excluding carboxylic acids is 1. The number of hydrogen-bond donors (Lipinski definition) is 0. The summed E-state index contributed by atoms with van der Waals surface area (Å²) in [6.07, 6.45) is 0.530. The lowest BCUT2D eigenvalue weighted by molar-refractivity contribution is -0.130. The number of nitrogens with zero attached hydrogens (tertiary/aromatic N) is 2. The van der Waals surface area contributed by atoms with E-state index in [-0.39, 0.29) is 12.0 Å². The number of carbonyl (C=O) groups is 1. The summed E-state index contributed by atoms with van der Waals surface area (Å²) in [5, 5.41) is 0. The van der Waals surface area contributed by atoms with E-state index in [0.717, 1.165) is 43.2 Å². The molecule has 3 rings (SSSR count). The third-order valence-electron chi connectivity index (χ3n) is 5.01. The van der Waals surface area contributed by atoms with Gasteiger partial charge in [0.1, 0.15) is 5.75 Å². The number of methoxy groups -OCH3 is 2. The van der Waals surface area contributed by atoms with E-state index >= 15 is 0 Å². The Labute approximate surface area is 173 Å². The molecule has 6 heteroatoms. The summed E-state index contributed by atoms with van der Waals surface area (Å²) in [6, 6.07) is 13.8. The first kappa shape index (κ1) is 20.8. The summed E-state index contributed by atoms with van der Waals surface area (Å²) >= 11 is 0. The van der Waals surface area contributed by atoms with Gasteiger partial charge in [-0.25, -0.2) is 0 Å². The number of ether oxygens (including phenoxy) is 3. The minimum atomic E-state index is 0.137. The molecule has 29 heavy (non-hydrogen) atoms. The minimum Gasteiger partial charge on any atom is -0.493 e. The Bertz CT molecular complexity index is 812. The molecular formula is C23H30N2O4. The van der Waals surface area contributed by atoms with Crippen LogP contribution in [0.25, 0.3) is 0 Å². The fourth-order valence-electron chi connectivity index (χ4n) is 3.50. The molecule has 1 amide bonds. The van der Waals surface area contributed by atoms with Crippen LogP contribution in [-0.4, -0.2) is 57.3 Å². The van der Waals surface area contributed by atoms with Crippen LogP contribution in [0.15, 0.2) is 42.5 Å². The number of amides is 1. The zero-order valence-electron chi connectivity index (χ0n) is 17.7. The molecule has 1 saturated heterocycles. The first-order chi connectivity index (χ1) is 14.0. The third kappa shape index (κ3) is 5.34. The fraction of sp³-hybridized carbons (Fsp3) is 0.435. The molecule has 0 atom stereocenters. The molecule has 156 valence electrons. The van der Waals surface area contributed by atoms with Crippen LogP contribution in [-0.2, 0) is 11.2 Å². The molecule has 0 radical (unpaired) electrons. The molecular weight excluding hydrogens is 368 g/mol. The second kappa shape index (κ2) is 9.54. The average molecular weight is 399 g/mol. The van der Waals surface area contributed by atoms with Gasteiger partial charge >= 0.3 is 0 Å². The van der Waals surface area contributed by atoms with E-state index < -0.39 is 0 Å². The molecule has 0 spiro atoms. The third-order valence-corrected chi connectivity index (χ3v) is 5.01. The lowest BCUT2D eigenvalue weighted by Gasteiger charge is -2.36. The Morgan fingerprint density at radius 2 is 1.59 bits per heavy atom.